The Labute approximate surface area is 95.8 Å². The minimum absolute atomic E-state index is 0.0386. The van der Waals surface area contributed by atoms with E-state index in [1.807, 2.05) is 26.0 Å². The first kappa shape index (κ1) is 12.4. The van der Waals surface area contributed by atoms with Gasteiger partial charge in [-0.05, 0) is 31.0 Å². The molecule has 0 saturated heterocycles. The predicted molar refractivity (Wildman–Crippen MR) is 64.5 cm³/mol. The molecule has 0 spiro atoms. The Hall–Kier alpha value is -1.71. The molecular weight excluding hydrogens is 204 g/mol. The fraction of sp³-hybridized carbons (Fsp3) is 0.417. The quantitative estimate of drug-likeness (QED) is 0.757. The highest BCUT2D eigenvalue weighted by atomic mass is 16.5. The standard InChI is InChI=1S/C12H18N2O2/c1-8-6-9(2)12(10(13)7-8)16-5-4-11(15)14-3/h6-7H,4-5,13H2,1-3H3,(H,14,15). The minimum Gasteiger partial charge on any atom is -0.491 e. The van der Waals surface area contributed by atoms with Crippen LogP contribution in [0.1, 0.15) is 17.5 Å². The molecule has 0 bridgehead atoms. The van der Waals surface area contributed by atoms with Gasteiger partial charge in [0, 0.05) is 7.05 Å². The molecule has 4 heteroatoms. The zero-order valence-corrected chi connectivity index (χ0v) is 9.96. The van der Waals surface area contributed by atoms with Crippen molar-refractivity contribution in [3.8, 4) is 5.75 Å². The molecule has 0 atom stereocenters. The van der Waals surface area contributed by atoms with Crippen LogP contribution in [-0.2, 0) is 4.79 Å². The van der Waals surface area contributed by atoms with Crippen LogP contribution in [0.15, 0.2) is 12.1 Å². The van der Waals surface area contributed by atoms with Gasteiger partial charge in [-0.25, -0.2) is 0 Å². The molecule has 0 fully saturated rings. The van der Waals surface area contributed by atoms with Crippen LogP contribution < -0.4 is 15.8 Å². The van der Waals surface area contributed by atoms with Crippen molar-refractivity contribution in [2.24, 2.45) is 0 Å². The van der Waals surface area contributed by atoms with E-state index in [9.17, 15) is 4.79 Å². The normalized spacial score (nSPS) is 9.94. The van der Waals surface area contributed by atoms with Gasteiger partial charge in [0.25, 0.3) is 0 Å². The monoisotopic (exact) mass is 222 g/mol. The molecule has 0 unspecified atom stereocenters. The third-order valence-electron chi connectivity index (χ3n) is 2.30. The van der Waals surface area contributed by atoms with Gasteiger partial charge in [0.1, 0.15) is 5.75 Å². The molecule has 16 heavy (non-hydrogen) atoms. The highest BCUT2D eigenvalue weighted by Crippen LogP contribution is 2.27. The number of rotatable bonds is 4. The van der Waals surface area contributed by atoms with Crippen molar-refractivity contribution >= 4 is 11.6 Å². The summed E-state index contributed by atoms with van der Waals surface area (Å²) in [5.41, 5.74) is 8.57. The maximum absolute atomic E-state index is 11.0. The lowest BCUT2D eigenvalue weighted by atomic mass is 10.1. The molecule has 0 aromatic heterocycles. The third kappa shape index (κ3) is 3.15. The highest BCUT2D eigenvalue weighted by Gasteiger charge is 2.06. The average molecular weight is 222 g/mol. The summed E-state index contributed by atoms with van der Waals surface area (Å²) < 4.78 is 5.51. The number of nitrogens with two attached hydrogens (primary N) is 1. The Balaban J connectivity index is 2.64. The van der Waals surface area contributed by atoms with Crippen LogP contribution in [0.2, 0.25) is 0 Å². The number of amides is 1. The summed E-state index contributed by atoms with van der Waals surface area (Å²) in [7, 11) is 1.60. The zero-order valence-electron chi connectivity index (χ0n) is 9.96. The lowest BCUT2D eigenvalue weighted by molar-refractivity contribution is -0.121. The molecular formula is C12H18N2O2. The number of aryl methyl sites for hydroxylation is 2. The molecule has 0 radical (unpaired) electrons. The van der Waals surface area contributed by atoms with Crippen molar-refractivity contribution in [2.75, 3.05) is 19.4 Å². The second-order valence-corrected chi connectivity index (χ2v) is 3.77. The fourth-order valence-corrected chi connectivity index (χ4v) is 1.56. The lowest BCUT2D eigenvalue weighted by Gasteiger charge is -2.12. The van der Waals surface area contributed by atoms with Crippen molar-refractivity contribution in [1.82, 2.24) is 5.32 Å². The molecule has 4 nitrogen and oxygen atoms in total. The van der Waals surface area contributed by atoms with Crippen LogP contribution in [0.3, 0.4) is 0 Å². The summed E-state index contributed by atoms with van der Waals surface area (Å²) >= 11 is 0. The Kier molecular flexibility index (Phi) is 4.17. The van der Waals surface area contributed by atoms with Gasteiger partial charge in [-0.3, -0.25) is 4.79 Å². The summed E-state index contributed by atoms with van der Waals surface area (Å²) in [5, 5.41) is 2.54. The van der Waals surface area contributed by atoms with E-state index in [0.29, 0.717) is 24.5 Å². The van der Waals surface area contributed by atoms with Crippen molar-refractivity contribution in [1.29, 1.82) is 0 Å². The third-order valence-corrected chi connectivity index (χ3v) is 2.30. The number of anilines is 1. The predicted octanol–water partition coefficient (Wildman–Crippen LogP) is 1.40. The summed E-state index contributed by atoms with van der Waals surface area (Å²) in [5.74, 6) is 0.637. The Morgan fingerprint density at radius 2 is 2.12 bits per heavy atom. The van der Waals surface area contributed by atoms with E-state index in [2.05, 4.69) is 5.32 Å². The summed E-state index contributed by atoms with van der Waals surface area (Å²) in [6, 6.07) is 3.87. The van der Waals surface area contributed by atoms with E-state index in [0.717, 1.165) is 11.1 Å². The SMILES string of the molecule is CNC(=O)CCOc1c(C)cc(C)cc1N. The Bertz CT molecular complexity index is 366. The van der Waals surface area contributed by atoms with Crippen molar-refractivity contribution in [3.63, 3.8) is 0 Å². The van der Waals surface area contributed by atoms with Crippen LogP contribution in [0.4, 0.5) is 5.69 Å². The smallest absolute Gasteiger partial charge is 0.223 e. The summed E-state index contributed by atoms with van der Waals surface area (Å²) in [6.07, 6.45) is 0.337. The van der Waals surface area contributed by atoms with E-state index < -0.39 is 0 Å². The number of benzene rings is 1. The molecule has 3 N–H and O–H groups in total. The number of carbonyl (C=O) groups excluding carboxylic acids is 1. The highest BCUT2D eigenvalue weighted by molar-refractivity contribution is 5.75. The van der Waals surface area contributed by atoms with E-state index in [1.165, 1.54) is 0 Å². The van der Waals surface area contributed by atoms with E-state index >= 15 is 0 Å². The van der Waals surface area contributed by atoms with Crippen LogP contribution >= 0.6 is 0 Å². The maximum Gasteiger partial charge on any atom is 0.223 e. The largest absolute Gasteiger partial charge is 0.491 e. The Morgan fingerprint density at radius 1 is 1.44 bits per heavy atom. The molecule has 1 aromatic rings. The average Bonchev–Trinajstić information content (AvgIpc) is 2.21. The van der Waals surface area contributed by atoms with E-state index in [4.69, 9.17) is 10.5 Å². The lowest BCUT2D eigenvalue weighted by Crippen LogP contribution is -2.20. The minimum atomic E-state index is -0.0386. The first-order valence-electron chi connectivity index (χ1n) is 5.24. The Morgan fingerprint density at radius 3 is 2.69 bits per heavy atom. The number of nitrogens with one attached hydrogen (secondary N) is 1. The maximum atomic E-state index is 11.0. The van der Waals surface area contributed by atoms with Gasteiger partial charge in [-0.2, -0.15) is 0 Å². The molecule has 1 aromatic carbocycles. The van der Waals surface area contributed by atoms with Gasteiger partial charge in [-0.1, -0.05) is 6.07 Å². The van der Waals surface area contributed by atoms with E-state index in [-0.39, 0.29) is 5.91 Å². The zero-order chi connectivity index (χ0) is 12.1. The molecule has 0 aliphatic rings. The first-order chi connectivity index (χ1) is 7.54. The number of hydrogen-bond donors (Lipinski definition) is 2. The number of nitrogen functional groups attached to an aromatic ring is 1. The van der Waals surface area contributed by atoms with Gasteiger partial charge in [-0.15, -0.1) is 0 Å². The molecule has 0 heterocycles. The number of ether oxygens (including phenoxy) is 1. The first-order valence-corrected chi connectivity index (χ1v) is 5.24. The summed E-state index contributed by atoms with van der Waals surface area (Å²) in [6.45, 7) is 4.27. The van der Waals surface area contributed by atoms with Crippen molar-refractivity contribution < 1.29 is 9.53 Å². The fourth-order valence-electron chi connectivity index (χ4n) is 1.56. The molecule has 1 rings (SSSR count). The molecule has 88 valence electrons. The topological polar surface area (TPSA) is 64.3 Å². The summed E-state index contributed by atoms with van der Waals surface area (Å²) in [4.78, 5) is 11.0. The number of carbonyl (C=O) groups is 1. The van der Waals surface area contributed by atoms with Crippen LogP contribution in [0.25, 0.3) is 0 Å². The van der Waals surface area contributed by atoms with E-state index in [1.54, 1.807) is 7.05 Å². The molecule has 0 aliphatic carbocycles. The van der Waals surface area contributed by atoms with Crippen LogP contribution in [0.5, 0.6) is 5.75 Å². The van der Waals surface area contributed by atoms with Gasteiger partial charge in [0.15, 0.2) is 0 Å². The van der Waals surface area contributed by atoms with Gasteiger partial charge in [0.2, 0.25) is 5.91 Å². The number of hydrogen-bond acceptors (Lipinski definition) is 3. The van der Waals surface area contributed by atoms with Gasteiger partial charge in [0.05, 0.1) is 18.7 Å². The van der Waals surface area contributed by atoms with Crippen LogP contribution in [-0.4, -0.2) is 19.6 Å². The second-order valence-electron chi connectivity index (χ2n) is 3.77. The molecule has 1 amide bonds. The van der Waals surface area contributed by atoms with Gasteiger partial charge >= 0.3 is 0 Å². The van der Waals surface area contributed by atoms with Crippen molar-refractivity contribution in [3.05, 3.63) is 23.3 Å². The van der Waals surface area contributed by atoms with Crippen molar-refractivity contribution in [2.45, 2.75) is 20.3 Å². The van der Waals surface area contributed by atoms with Crippen LogP contribution in [0, 0.1) is 13.8 Å². The second kappa shape index (κ2) is 5.39. The molecule has 0 aliphatic heterocycles. The molecule has 0 saturated carbocycles. The van der Waals surface area contributed by atoms with Gasteiger partial charge < -0.3 is 15.8 Å².